The molecule has 7 nitrogen and oxygen atoms in total. The van der Waals surface area contributed by atoms with Crippen molar-refractivity contribution in [3.05, 3.63) is 94.0 Å². The summed E-state index contributed by atoms with van der Waals surface area (Å²) in [6.45, 7) is 3.05. The highest BCUT2D eigenvalue weighted by atomic mass is 35.5. The number of rotatable bonds is 10. The van der Waals surface area contributed by atoms with Crippen molar-refractivity contribution in [2.45, 2.75) is 37.8 Å². The van der Waals surface area contributed by atoms with E-state index in [2.05, 4.69) is 5.32 Å². The molecule has 0 aliphatic heterocycles. The minimum absolute atomic E-state index is 0.0322. The van der Waals surface area contributed by atoms with Crippen LogP contribution in [0.1, 0.15) is 24.5 Å². The summed E-state index contributed by atoms with van der Waals surface area (Å²) in [7, 11) is -2.65. The summed E-state index contributed by atoms with van der Waals surface area (Å²) in [5.41, 5.74) is 1.54. The first kappa shape index (κ1) is 28.5. The largest absolute Gasteiger partial charge is 0.357 e. The van der Waals surface area contributed by atoms with E-state index in [1.165, 1.54) is 24.1 Å². The molecule has 3 aromatic rings. The highest BCUT2D eigenvalue weighted by Crippen LogP contribution is 2.31. The van der Waals surface area contributed by atoms with Gasteiger partial charge in [-0.25, -0.2) is 8.42 Å². The molecule has 3 aromatic carbocycles. The van der Waals surface area contributed by atoms with Crippen LogP contribution in [0.15, 0.2) is 77.7 Å². The average Bonchev–Trinajstić information content (AvgIpc) is 2.90. The van der Waals surface area contributed by atoms with Gasteiger partial charge in [-0.3, -0.25) is 13.9 Å². The van der Waals surface area contributed by atoms with Crippen molar-refractivity contribution in [2.75, 3.05) is 17.9 Å². The Labute approximate surface area is 228 Å². The number of halogens is 2. The molecule has 3 rings (SSSR count). The van der Waals surface area contributed by atoms with E-state index in [-0.39, 0.29) is 23.0 Å². The van der Waals surface area contributed by atoms with Crippen LogP contribution in [0.25, 0.3) is 0 Å². The molecule has 0 saturated heterocycles. The molecule has 0 spiro atoms. The maximum Gasteiger partial charge on any atom is 0.264 e. The summed E-state index contributed by atoms with van der Waals surface area (Å²) in [5, 5.41) is 3.51. The second kappa shape index (κ2) is 12.4. The molecule has 2 amide bonds. The first-order valence-electron chi connectivity index (χ1n) is 11.7. The van der Waals surface area contributed by atoms with Crippen LogP contribution < -0.4 is 9.62 Å². The Kier molecular flexibility index (Phi) is 9.59. The van der Waals surface area contributed by atoms with E-state index in [0.717, 1.165) is 9.87 Å². The Balaban J connectivity index is 2.09. The molecule has 0 unspecified atom stereocenters. The molecular formula is C27H29Cl2N3O4S. The Morgan fingerprint density at radius 1 is 0.946 bits per heavy atom. The second-order valence-corrected chi connectivity index (χ2v) is 11.1. The number of nitrogens with one attached hydrogen (secondary N) is 1. The number of carbonyl (C=O) groups excluding carboxylic acids is 2. The Bertz CT molecular complexity index is 1350. The van der Waals surface area contributed by atoms with Gasteiger partial charge in [-0.05, 0) is 60.9 Å². The maximum absolute atomic E-state index is 13.9. The van der Waals surface area contributed by atoms with E-state index in [0.29, 0.717) is 22.0 Å². The average molecular weight is 563 g/mol. The fraction of sp³-hybridized carbons (Fsp3) is 0.259. The zero-order valence-corrected chi connectivity index (χ0v) is 23.1. The van der Waals surface area contributed by atoms with E-state index in [1.54, 1.807) is 74.5 Å². The predicted octanol–water partition coefficient (Wildman–Crippen LogP) is 5.05. The molecule has 0 bridgehead atoms. The summed E-state index contributed by atoms with van der Waals surface area (Å²) in [5.74, 6) is -0.884. The fourth-order valence-corrected chi connectivity index (χ4v) is 5.76. The monoisotopic (exact) mass is 561 g/mol. The van der Waals surface area contributed by atoms with Gasteiger partial charge in [-0.2, -0.15) is 0 Å². The molecule has 0 heterocycles. The van der Waals surface area contributed by atoms with Gasteiger partial charge < -0.3 is 10.2 Å². The Morgan fingerprint density at radius 2 is 1.59 bits per heavy atom. The molecule has 37 heavy (non-hydrogen) atoms. The number of anilines is 1. The fourth-order valence-electron chi connectivity index (χ4n) is 3.97. The third-order valence-electron chi connectivity index (χ3n) is 6.02. The van der Waals surface area contributed by atoms with E-state index < -0.39 is 28.5 Å². The van der Waals surface area contributed by atoms with E-state index in [9.17, 15) is 18.0 Å². The van der Waals surface area contributed by atoms with Crippen molar-refractivity contribution in [1.82, 2.24) is 10.2 Å². The molecule has 1 N–H and O–H groups in total. The smallest absolute Gasteiger partial charge is 0.264 e. The topological polar surface area (TPSA) is 86.8 Å². The molecule has 196 valence electrons. The van der Waals surface area contributed by atoms with Gasteiger partial charge in [-0.15, -0.1) is 0 Å². The first-order valence-corrected chi connectivity index (χ1v) is 13.9. The van der Waals surface area contributed by atoms with Gasteiger partial charge in [-0.1, -0.05) is 66.5 Å². The van der Waals surface area contributed by atoms with E-state index >= 15 is 0 Å². The highest BCUT2D eigenvalue weighted by Gasteiger charge is 2.34. The third-order valence-corrected chi connectivity index (χ3v) is 8.45. The van der Waals surface area contributed by atoms with Crippen LogP contribution in [-0.4, -0.2) is 44.8 Å². The quantitative estimate of drug-likeness (QED) is 0.375. The van der Waals surface area contributed by atoms with Crippen molar-refractivity contribution < 1.29 is 18.0 Å². The summed E-state index contributed by atoms with van der Waals surface area (Å²) in [6, 6.07) is 18.9. The molecule has 0 aliphatic carbocycles. The lowest BCUT2D eigenvalue weighted by Crippen LogP contribution is -2.51. The standard InChI is InChI=1S/C27H29Cl2N3O4S/c1-4-24(27(34)30-3)31(17-20-13-15-21(28)16-14-20)26(33)18-32(25-12-8-11-23(29)19(25)2)37(35,36)22-9-6-5-7-10-22/h5-16,24H,4,17-18H2,1-3H3,(H,30,34)/t24-/m0/s1. The lowest BCUT2D eigenvalue weighted by molar-refractivity contribution is -0.140. The molecule has 0 saturated carbocycles. The summed E-state index contributed by atoms with van der Waals surface area (Å²) >= 11 is 12.3. The Morgan fingerprint density at radius 3 is 2.19 bits per heavy atom. The van der Waals surface area contributed by atoms with Crippen LogP contribution >= 0.6 is 23.2 Å². The van der Waals surface area contributed by atoms with Crippen molar-refractivity contribution in [3.63, 3.8) is 0 Å². The van der Waals surface area contributed by atoms with Crippen LogP contribution in [0.3, 0.4) is 0 Å². The van der Waals surface area contributed by atoms with E-state index in [1.807, 2.05) is 0 Å². The summed E-state index contributed by atoms with van der Waals surface area (Å²) in [6.07, 6.45) is 0.334. The number of hydrogen-bond donors (Lipinski definition) is 1. The number of amides is 2. The molecule has 1 atom stereocenters. The summed E-state index contributed by atoms with van der Waals surface area (Å²) < 4.78 is 28.6. The van der Waals surface area contributed by atoms with Crippen LogP contribution in [0.5, 0.6) is 0 Å². The minimum Gasteiger partial charge on any atom is -0.357 e. The van der Waals surface area contributed by atoms with Gasteiger partial charge in [0.05, 0.1) is 10.6 Å². The third kappa shape index (κ3) is 6.63. The SMILES string of the molecule is CC[C@@H](C(=O)NC)N(Cc1ccc(Cl)cc1)C(=O)CN(c1cccc(Cl)c1C)S(=O)(=O)c1ccccc1. The molecular weight excluding hydrogens is 533 g/mol. The van der Waals surface area contributed by atoms with Crippen molar-refractivity contribution in [3.8, 4) is 0 Å². The van der Waals surface area contributed by atoms with Crippen LogP contribution in [0, 0.1) is 6.92 Å². The van der Waals surface area contributed by atoms with E-state index in [4.69, 9.17) is 23.2 Å². The second-order valence-electron chi connectivity index (χ2n) is 8.40. The van der Waals surface area contributed by atoms with Crippen molar-refractivity contribution >= 4 is 50.7 Å². The Hall–Kier alpha value is -3.07. The zero-order valence-electron chi connectivity index (χ0n) is 20.8. The number of hydrogen-bond acceptors (Lipinski definition) is 4. The number of likely N-dealkylation sites (N-methyl/N-ethyl adjacent to an activating group) is 1. The maximum atomic E-state index is 13.9. The van der Waals surface area contributed by atoms with Gasteiger partial charge in [0.2, 0.25) is 11.8 Å². The predicted molar refractivity (Wildman–Crippen MR) is 147 cm³/mol. The first-order chi connectivity index (χ1) is 17.6. The van der Waals surface area contributed by atoms with Gasteiger partial charge in [0.15, 0.2) is 0 Å². The van der Waals surface area contributed by atoms with Gasteiger partial charge in [0, 0.05) is 23.6 Å². The lowest BCUT2D eigenvalue weighted by atomic mass is 10.1. The lowest BCUT2D eigenvalue weighted by Gasteiger charge is -2.33. The van der Waals surface area contributed by atoms with Crippen molar-refractivity contribution in [2.24, 2.45) is 0 Å². The molecule has 0 aliphatic rings. The number of benzene rings is 3. The van der Waals surface area contributed by atoms with Crippen molar-refractivity contribution in [1.29, 1.82) is 0 Å². The molecule has 0 aromatic heterocycles. The molecule has 0 radical (unpaired) electrons. The highest BCUT2D eigenvalue weighted by molar-refractivity contribution is 7.92. The van der Waals surface area contributed by atoms with Crippen LogP contribution in [0.4, 0.5) is 5.69 Å². The van der Waals surface area contributed by atoms with Gasteiger partial charge in [0.25, 0.3) is 10.0 Å². The van der Waals surface area contributed by atoms with Crippen LogP contribution in [-0.2, 0) is 26.2 Å². The minimum atomic E-state index is -4.15. The van der Waals surface area contributed by atoms with Gasteiger partial charge in [0.1, 0.15) is 12.6 Å². The number of nitrogens with zero attached hydrogens (tertiary/aromatic N) is 2. The summed E-state index contributed by atoms with van der Waals surface area (Å²) in [4.78, 5) is 28.0. The normalized spacial score (nSPS) is 12.0. The zero-order chi connectivity index (χ0) is 27.2. The van der Waals surface area contributed by atoms with Crippen LogP contribution in [0.2, 0.25) is 10.0 Å². The molecule has 0 fully saturated rings. The van der Waals surface area contributed by atoms with Gasteiger partial charge >= 0.3 is 0 Å². The molecule has 10 heteroatoms. The number of carbonyl (C=O) groups is 2. The number of sulfonamides is 1.